The predicted molar refractivity (Wildman–Crippen MR) is 67.1 cm³/mol. The quantitative estimate of drug-likeness (QED) is 0.560. The smallest absolute Gasteiger partial charge is 0.125 e. The van der Waals surface area contributed by atoms with Crippen LogP contribution in [0.25, 0.3) is 0 Å². The molecule has 0 nitrogen and oxygen atoms in total. The lowest BCUT2D eigenvalue weighted by molar-refractivity contribution is 0.356. The van der Waals surface area contributed by atoms with Gasteiger partial charge in [-0.1, -0.05) is 28.9 Å². The number of halogens is 1. The number of allylic oxidation sites excluding steroid dienone is 6. The molecule has 16 heavy (non-hydrogen) atoms. The van der Waals surface area contributed by atoms with E-state index in [4.69, 9.17) is 0 Å². The topological polar surface area (TPSA) is 0 Å². The van der Waals surface area contributed by atoms with Crippen LogP contribution < -0.4 is 0 Å². The maximum Gasteiger partial charge on any atom is 0.125 e. The molecule has 0 saturated heterocycles. The van der Waals surface area contributed by atoms with E-state index >= 15 is 0 Å². The van der Waals surface area contributed by atoms with Crippen LogP contribution in [0.3, 0.4) is 0 Å². The lowest BCUT2D eigenvalue weighted by Gasteiger charge is -2.29. The van der Waals surface area contributed by atoms with Crippen molar-refractivity contribution in [3.05, 3.63) is 34.4 Å². The van der Waals surface area contributed by atoms with Gasteiger partial charge in [-0.05, 0) is 51.5 Å². The van der Waals surface area contributed by atoms with Crippen LogP contribution in [0.15, 0.2) is 34.4 Å². The summed E-state index contributed by atoms with van der Waals surface area (Å²) in [5.41, 5.74) is 5.06. The number of hydrogen-bond donors (Lipinski definition) is 0. The van der Waals surface area contributed by atoms with E-state index in [0.29, 0.717) is 12.3 Å². The molecular formula is C15H21F. The Morgan fingerprint density at radius 3 is 2.62 bits per heavy atom. The van der Waals surface area contributed by atoms with Crippen LogP contribution in [0.2, 0.25) is 0 Å². The van der Waals surface area contributed by atoms with Crippen molar-refractivity contribution in [1.29, 1.82) is 0 Å². The highest BCUT2D eigenvalue weighted by Crippen LogP contribution is 2.37. The van der Waals surface area contributed by atoms with E-state index < -0.39 is 6.17 Å². The van der Waals surface area contributed by atoms with Crippen LogP contribution in [-0.2, 0) is 0 Å². The summed E-state index contributed by atoms with van der Waals surface area (Å²) in [5, 5.41) is 0. The molecular weight excluding hydrogens is 199 g/mol. The van der Waals surface area contributed by atoms with E-state index in [1.807, 2.05) is 13.0 Å². The minimum atomic E-state index is -0.745. The van der Waals surface area contributed by atoms with Crippen molar-refractivity contribution in [3.63, 3.8) is 0 Å². The second-order valence-electron chi connectivity index (χ2n) is 5.29. The molecule has 0 heterocycles. The van der Waals surface area contributed by atoms with Gasteiger partial charge in [0.05, 0.1) is 0 Å². The molecule has 0 radical (unpaired) electrons. The molecule has 0 saturated carbocycles. The Labute approximate surface area is 97.9 Å². The molecule has 0 spiro atoms. The van der Waals surface area contributed by atoms with Crippen LogP contribution in [0.4, 0.5) is 4.39 Å². The minimum absolute atomic E-state index is 0.589. The fourth-order valence-electron chi connectivity index (χ4n) is 2.81. The SMILES string of the molecule is CC1=CCC(C2=C(C)C=C(C)C(F)C2)CC1. The first-order chi connectivity index (χ1) is 7.58. The first-order valence-electron chi connectivity index (χ1n) is 6.25. The van der Waals surface area contributed by atoms with E-state index in [2.05, 4.69) is 19.9 Å². The van der Waals surface area contributed by atoms with Gasteiger partial charge in [-0.3, -0.25) is 0 Å². The molecule has 0 bridgehead atoms. The van der Waals surface area contributed by atoms with E-state index in [1.165, 1.54) is 29.6 Å². The predicted octanol–water partition coefficient (Wildman–Crippen LogP) is 4.74. The summed E-state index contributed by atoms with van der Waals surface area (Å²) in [6.45, 7) is 6.23. The summed E-state index contributed by atoms with van der Waals surface area (Å²) < 4.78 is 13.7. The first-order valence-corrected chi connectivity index (χ1v) is 6.25. The lowest BCUT2D eigenvalue weighted by Crippen LogP contribution is -2.17. The second kappa shape index (κ2) is 4.57. The van der Waals surface area contributed by atoms with Crippen molar-refractivity contribution < 1.29 is 4.39 Å². The van der Waals surface area contributed by atoms with Gasteiger partial charge in [-0.15, -0.1) is 0 Å². The molecule has 2 unspecified atom stereocenters. The summed E-state index contributed by atoms with van der Waals surface area (Å²) in [6, 6.07) is 0. The third kappa shape index (κ3) is 2.28. The van der Waals surface area contributed by atoms with Crippen molar-refractivity contribution in [1.82, 2.24) is 0 Å². The van der Waals surface area contributed by atoms with Crippen LogP contribution in [0.1, 0.15) is 46.5 Å². The Morgan fingerprint density at radius 1 is 1.25 bits per heavy atom. The van der Waals surface area contributed by atoms with Crippen molar-refractivity contribution in [2.75, 3.05) is 0 Å². The Balaban J connectivity index is 2.18. The molecule has 0 aromatic carbocycles. The molecule has 88 valence electrons. The van der Waals surface area contributed by atoms with Gasteiger partial charge >= 0.3 is 0 Å². The maximum atomic E-state index is 13.7. The Morgan fingerprint density at radius 2 is 2.00 bits per heavy atom. The van der Waals surface area contributed by atoms with Crippen molar-refractivity contribution in [2.24, 2.45) is 5.92 Å². The molecule has 0 amide bonds. The molecule has 2 aliphatic rings. The monoisotopic (exact) mass is 220 g/mol. The second-order valence-corrected chi connectivity index (χ2v) is 5.29. The number of alkyl halides is 1. The van der Waals surface area contributed by atoms with Crippen molar-refractivity contribution >= 4 is 0 Å². The molecule has 0 aromatic rings. The molecule has 2 aliphatic carbocycles. The van der Waals surface area contributed by atoms with Crippen molar-refractivity contribution in [3.8, 4) is 0 Å². The molecule has 0 fully saturated rings. The average molecular weight is 220 g/mol. The minimum Gasteiger partial charge on any atom is -0.242 e. The molecule has 0 aromatic heterocycles. The van der Waals surface area contributed by atoms with Gasteiger partial charge in [-0.25, -0.2) is 4.39 Å². The van der Waals surface area contributed by atoms with Gasteiger partial charge in [0.25, 0.3) is 0 Å². The normalized spacial score (nSPS) is 31.2. The van der Waals surface area contributed by atoms with Gasteiger partial charge in [0.15, 0.2) is 0 Å². The Kier molecular flexibility index (Phi) is 3.32. The van der Waals surface area contributed by atoms with E-state index in [0.717, 1.165) is 12.0 Å². The summed E-state index contributed by atoms with van der Waals surface area (Å²) >= 11 is 0. The van der Waals surface area contributed by atoms with Gasteiger partial charge < -0.3 is 0 Å². The third-order valence-corrected chi connectivity index (χ3v) is 3.97. The average Bonchev–Trinajstić information content (AvgIpc) is 2.25. The fourth-order valence-corrected chi connectivity index (χ4v) is 2.81. The Bertz CT molecular complexity index is 371. The van der Waals surface area contributed by atoms with E-state index in [9.17, 15) is 4.39 Å². The fraction of sp³-hybridized carbons (Fsp3) is 0.600. The zero-order valence-corrected chi connectivity index (χ0v) is 10.5. The van der Waals surface area contributed by atoms with Gasteiger partial charge in [-0.2, -0.15) is 0 Å². The number of rotatable bonds is 1. The number of hydrogen-bond acceptors (Lipinski definition) is 0. The van der Waals surface area contributed by atoms with Gasteiger partial charge in [0, 0.05) is 6.42 Å². The summed E-state index contributed by atoms with van der Waals surface area (Å²) in [6.07, 6.45) is 7.74. The molecule has 2 rings (SSSR count). The van der Waals surface area contributed by atoms with Gasteiger partial charge in [0.1, 0.15) is 6.17 Å². The molecule has 2 atom stereocenters. The van der Waals surface area contributed by atoms with Crippen LogP contribution in [0, 0.1) is 5.92 Å². The van der Waals surface area contributed by atoms with E-state index in [-0.39, 0.29) is 0 Å². The van der Waals surface area contributed by atoms with Crippen LogP contribution >= 0.6 is 0 Å². The van der Waals surface area contributed by atoms with Crippen LogP contribution in [0.5, 0.6) is 0 Å². The highest BCUT2D eigenvalue weighted by atomic mass is 19.1. The maximum absolute atomic E-state index is 13.7. The highest BCUT2D eigenvalue weighted by Gasteiger charge is 2.25. The summed E-state index contributed by atoms with van der Waals surface area (Å²) in [5.74, 6) is 0.589. The highest BCUT2D eigenvalue weighted by molar-refractivity contribution is 5.36. The van der Waals surface area contributed by atoms with Crippen LogP contribution in [-0.4, -0.2) is 6.17 Å². The molecule has 0 aliphatic heterocycles. The largest absolute Gasteiger partial charge is 0.242 e. The van der Waals surface area contributed by atoms with Crippen molar-refractivity contribution in [2.45, 2.75) is 52.6 Å². The lowest BCUT2D eigenvalue weighted by atomic mass is 9.78. The summed E-state index contributed by atoms with van der Waals surface area (Å²) in [4.78, 5) is 0. The van der Waals surface area contributed by atoms with E-state index in [1.54, 1.807) is 0 Å². The Hall–Kier alpha value is -0.850. The molecule has 0 N–H and O–H groups in total. The zero-order valence-electron chi connectivity index (χ0n) is 10.5. The first kappa shape index (κ1) is 11.6. The van der Waals surface area contributed by atoms with Gasteiger partial charge in [0.2, 0.25) is 0 Å². The standard InChI is InChI=1S/C15H21F/c1-10-4-6-13(7-5-10)14-9-15(16)12(3)8-11(14)2/h4,8,13,15H,5-7,9H2,1-3H3. The zero-order chi connectivity index (χ0) is 11.7. The summed E-state index contributed by atoms with van der Waals surface area (Å²) in [7, 11) is 0. The molecule has 1 heteroatoms. The third-order valence-electron chi connectivity index (χ3n) is 3.97.